The van der Waals surface area contributed by atoms with Crippen LogP contribution in [-0.4, -0.2) is 195 Å². The number of guanidine groups is 4. The number of ketones is 2. The van der Waals surface area contributed by atoms with E-state index in [1.807, 2.05) is 24.3 Å². The number of primary amides is 1. The highest BCUT2D eigenvalue weighted by Gasteiger charge is 2.37. The fourth-order valence-corrected chi connectivity index (χ4v) is 12.9. The fourth-order valence-electron chi connectivity index (χ4n) is 12.9. The summed E-state index contributed by atoms with van der Waals surface area (Å²) in [5, 5.41) is 83.2. The zero-order valence-electron chi connectivity index (χ0n) is 63.1. The van der Waals surface area contributed by atoms with Crippen molar-refractivity contribution in [2.75, 3.05) is 32.7 Å². The van der Waals surface area contributed by atoms with E-state index in [-0.39, 0.29) is 171 Å². The summed E-state index contributed by atoms with van der Waals surface area (Å²) in [7, 11) is 0. The van der Waals surface area contributed by atoms with Gasteiger partial charge in [0.25, 0.3) is 0 Å². The van der Waals surface area contributed by atoms with Gasteiger partial charge in [0.05, 0.1) is 17.8 Å². The minimum atomic E-state index is -1.51. The lowest BCUT2D eigenvalue weighted by Gasteiger charge is -2.28. The van der Waals surface area contributed by atoms with E-state index < -0.39 is 144 Å². The number of nitrogens with zero attached hydrogens (tertiary/aromatic N) is 3. The number of nitrogens with one attached hydrogen (secondary N) is 17. The smallest absolute Gasteiger partial charge is 0.243 e. The molecular formula is C74H110N26O12. The first kappa shape index (κ1) is 88.7. The molecule has 9 amide bonds. The van der Waals surface area contributed by atoms with Gasteiger partial charge < -0.3 is 108 Å². The molecule has 112 heavy (non-hydrogen) atoms. The summed E-state index contributed by atoms with van der Waals surface area (Å²) >= 11 is 0. The number of benzene rings is 3. The monoisotopic (exact) mass is 1550 g/mol. The molecule has 0 aliphatic carbocycles. The normalized spacial score (nSPS) is 18.5. The number of aryl methyl sites for hydroxylation is 1. The largest absolute Gasteiger partial charge is 0.508 e. The minimum Gasteiger partial charge on any atom is -0.508 e. The Morgan fingerprint density at radius 1 is 0.589 bits per heavy atom. The molecule has 0 saturated heterocycles. The van der Waals surface area contributed by atoms with E-state index in [1.54, 1.807) is 54.9 Å². The summed E-state index contributed by atoms with van der Waals surface area (Å²) in [6.45, 7) is 1.95. The van der Waals surface area contributed by atoms with Gasteiger partial charge in [-0.2, -0.15) is 0 Å². The predicted molar refractivity (Wildman–Crippen MR) is 418 cm³/mol. The molecule has 38 heteroatoms. The molecule has 1 aliphatic heterocycles. The highest BCUT2D eigenvalue weighted by Crippen LogP contribution is 2.23. The van der Waals surface area contributed by atoms with Gasteiger partial charge in [-0.15, -0.1) is 5.10 Å². The second-order valence-electron chi connectivity index (χ2n) is 27.8. The van der Waals surface area contributed by atoms with Gasteiger partial charge in [0.15, 0.2) is 35.4 Å². The zero-order valence-corrected chi connectivity index (χ0v) is 63.1. The molecule has 6 rings (SSSR count). The molecule has 0 fully saturated rings. The summed E-state index contributed by atoms with van der Waals surface area (Å²) in [6, 6.07) is 10.9. The molecule has 0 spiro atoms. The molecule has 3 heterocycles. The number of phenolic OH excluding ortho intramolecular Hbond substituents is 1. The maximum Gasteiger partial charge on any atom is 0.243 e. The van der Waals surface area contributed by atoms with E-state index in [9.17, 15) is 29.1 Å². The van der Waals surface area contributed by atoms with Crippen molar-refractivity contribution in [3.63, 3.8) is 0 Å². The average Bonchev–Trinajstić information content (AvgIpc) is 1.62. The van der Waals surface area contributed by atoms with Crippen LogP contribution in [0, 0.1) is 33.5 Å². The van der Waals surface area contributed by atoms with E-state index in [1.165, 1.54) is 23.7 Å². The van der Waals surface area contributed by atoms with Gasteiger partial charge in [-0.3, -0.25) is 79.1 Å². The quantitative estimate of drug-likeness (QED) is 0.0112. The number of nitrogens with two attached hydrogens (primary N) is 6. The highest BCUT2D eigenvalue weighted by atomic mass is 16.3. The third kappa shape index (κ3) is 31.4. The molecule has 10 atom stereocenters. The van der Waals surface area contributed by atoms with Gasteiger partial charge in [0.1, 0.15) is 42.0 Å². The number of H-pyrrole nitrogens is 1. The Morgan fingerprint density at radius 2 is 1.16 bits per heavy atom. The van der Waals surface area contributed by atoms with Crippen LogP contribution >= 0.6 is 0 Å². The summed E-state index contributed by atoms with van der Waals surface area (Å²) in [4.78, 5) is 164. The molecule has 30 N–H and O–H groups in total. The van der Waals surface area contributed by atoms with E-state index in [4.69, 9.17) is 56.0 Å². The van der Waals surface area contributed by atoms with Crippen molar-refractivity contribution < 1.29 is 57.8 Å². The Balaban J connectivity index is 1.40. The zero-order chi connectivity index (χ0) is 81.7. The third-order valence-corrected chi connectivity index (χ3v) is 18.8. The average molecular weight is 1560 g/mol. The van der Waals surface area contributed by atoms with Crippen LogP contribution in [0.1, 0.15) is 132 Å². The molecule has 3 aromatic carbocycles. The van der Waals surface area contributed by atoms with Crippen LogP contribution < -0.4 is 98.2 Å². The van der Waals surface area contributed by atoms with Crippen LogP contribution in [-0.2, 0) is 85.0 Å². The Labute approximate surface area is 648 Å². The molecule has 38 nitrogen and oxygen atoms in total. The summed E-state index contributed by atoms with van der Waals surface area (Å²) in [5.41, 5.74) is 36.6. The molecule has 5 aromatic rings. The maximum absolute atomic E-state index is 15.4. The number of para-hydroxylation sites is 1. The number of carbonyl (C=O) groups is 11. The number of rotatable bonds is 37. The minimum absolute atomic E-state index is 0.000486. The van der Waals surface area contributed by atoms with Gasteiger partial charge in [-0.1, -0.05) is 65.9 Å². The Hall–Kier alpha value is -12.3. The lowest BCUT2D eigenvalue weighted by molar-refractivity contribution is -0.136. The fraction of sp³-hybridized carbons (Fsp3) is 0.500. The number of phenols is 1. The number of fused-ring (bicyclic) bond motifs is 3. The molecule has 608 valence electrons. The number of aromatic nitrogens is 4. The van der Waals surface area contributed by atoms with Crippen LogP contribution in [0.15, 0.2) is 91.3 Å². The van der Waals surface area contributed by atoms with Crippen LogP contribution in [0.2, 0.25) is 0 Å². The van der Waals surface area contributed by atoms with Crippen molar-refractivity contribution in [1.82, 2.24) is 83.8 Å². The second kappa shape index (κ2) is 46.3. The molecular weight excluding hydrogens is 1440 g/mol. The third-order valence-electron chi connectivity index (χ3n) is 18.8. The number of aromatic hydroxyl groups is 1. The first-order chi connectivity index (χ1) is 53.5. The summed E-state index contributed by atoms with van der Waals surface area (Å²) in [5.74, 6) is -12.4. The van der Waals surface area contributed by atoms with Crippen molar-refractivity contribution in [3.05, 3.63) is 114 Å². The number of amides is 9. The second-order valence-corrected chi connectivity index (χ2v) is 27.8. The molecule has 0 unspecified atom stereocenters. The Bertz CT molecular complexity index is 4020. The number of unbranched alkanes of at least 4 members (excludes halogenated alkanes) is 1. The number of aromatic amines is 1. The van der Waals surface area contributed by atoms with Gasteiger partial charge in [-0.25, -0.2) is 0 Å². The topological polar surface area (TPSA) is 650 Å². The molecule has 0 saturated carbocycles. The van der Waals surface area contributed by atoms with Gasteiger partial charge in [0.2, 0.25) is 53.2 Å². The molecule has 0 radical (unpaired) electrons. The highest BCUT2D eigenvalue weighted by molar-refractivity contribution is 5.99. The number of carbonyl (C=O) groups excluding carboxylic acids is 11. The van der Waals surface area contributed by atoms with Crippen LogP contribution in [0.4, 0.5) is 0 Å². The van der Waals surface area contributed by atoms with Crippen molar-refractivity contribution in [3.8, 4) is 5.75 Å². The number of hydrogen-bond acceptors (Lipinski definition) is 19. The van der Waals surface area contributed by atoms with Crippen molar-refractivity contribution >= 4 is 99.5 Å². The number of hydrogen-bond donors (Lipinski definition) is 24. The van der Waals surface area contributed by atoms with Gasteiger partial charge in [0, 0.05) is 100 Å². The van der Waals surface area contributed by atoms with E-state index in [2.05, 4.69) is 79.1 Å². The SMILES string of the molecule is CC(=O)N[C@@H]1Cc2cn(nn2)CCCC[C@H](C(=O)N[C@@H](CCCNC(=N)N)C(=O)N[C@@H](CCCNC(=N)N)C(=O)C[C@@H](CCCNC(=N)N)C(=O)N[C@@H](CCCNC(=N)N)C(N)=O)NC(=O)[C@H](Cc2ccccc2)CC(=O)[C@H](Cc2ccc(O)cc2)NC(=O)[C@H](CCCCN)NC(=O)[C@H](Cc2c[nH]c3ccccc23)NC1=O. The molecule has 2 aromatic heterocycles. The lowest BCUT2D eigenvalue weighted by atomic mass is 9.89. The predicted octanol–water partition coefficient (Wildman–Crippen LogP) is -2.36. The van der Waals surface area contributed by atoms with Gasteiger partial charge in [-0.05, 0) is 144 Å². The van der Waals surface area contributed by atoms with E-state index >= 15 is 28.8 Å². The number of Topliss-reactive ketones (excluding diaryl/α,β-unsaturated/α-hetero) is 2. The lowest BCUT2D eigenvalue weighted by Crippen LogP contribution is -2.58. The Kier molecular flexibility index (Phi) is 36.7. The summed E-state index contributed by atoms with van der Waals surface area (Å²) < 4.78 is 1.48. The van der Waals surface area contributed by atoms with Crippen molar-refractivity contribution in [2.45, 2.75) is 190 Å². The molecule has 1 aliphatic rings. The first-order valence-corrected chi connectivity index (χ1v) is 37.6. The van der Waals surface area contributed by atoms with Gasteiger partial charge >= 0.3 is 0 Å². The van der Waals surface area contributed by atoms with Crippen LogP contribution in [0.3, 0.4) is 0 Å². The van der Waals surface area contributed by atoms with Crippen molar-refractivity contribution in [1.29, 1.82) is 21.6 Å². The Morgan fingerprint density at radius 3 is 1.79 bits per heavy atom. The van der Waals surface area contributed by atoms with Crippen molar-refractivity contribution in [2.24, 2.45) is 46.2 Å². The van der Waals surface area contributed by atoms with Crippen LogP contribution in [0.5, 0.6) is 5.75 Å². The van der Waals surface area contributed by atoms with E-state index in [0.29, 0.717) is 29.5 Å². The molecule has 2 bridgehead atoms. The summed E-state index contributed by atoms with van der Waals surface area (Å²) in [6.07, 6.45) is 3.03. The van der Waals surface area contributed by atoms with Crippen LogP contribution in [0.25, 0.3) is 10.9 Å². The standard InChI is InChI=1S/C74H110N26O12/c1-43(101)90-60-40-49-42-100(99-98-49)34-10-8-21-55(67(109)94-57(24-14-33-88-74(83)84)66(108)91-53(22-12-31-86-72(79)80)61(103)38-46(17-11-30-85-71(77)78)64(106)92-54(63(76)105)23-13-32-87-73(81)82)93-65(107)47(35-44-15-3-2-4-16-44)39-62(104)58(36-45-25-27-50(102)28-26-45)96-68(110)56(20-7-9-29-75)95-69(111)59(97-70(60)112)37-48-41-89-52-19-6-5-18-51(48)52/h2-6,15-16,18-19,25-28,41-42,46-47,53-60,89,102H,7-14,17,20-24,29-40,75H2,1H3,(H2,76,105)(H,90,101)(H,91,108)(H,92,106)(H,93,107)(H,94,109)(H,95,111)(H,96,110)(H,97,112)(H4,77,78,85)(H4,79,80,86)(H4,81,82,87)(H4,83,84,88)/t46-,47-,53+,54+,55-,56+,57+,58+,59+,60-/m1/s1. The maximum atomic E-state index is 15.4. The first-order valence-electron chi connectivity index (χ1n) is 37.6. The van der Waals surface area contributed by atoms with E-state index in [0.717, 1.165) is 10.9 Å².